The van der Waals surface area contributed by atoms with Gasteiger partial charge in [-0.1, -0.05) is 84.9 Å². The van der Waals surface area contributed by atoms with Gasteiger partial charge in [0.1, 0.15) is 0 Å². The summed E-state index contributed by atoms with van der Waals surface area (Å²) in [7, 11) is 0. The van der Waals surface area contributed by atoms with E-state index < -0.39 is 6.04 Å². The van der Waals surface area contributed by atoms with Crippen molar-refractivity contribution in [2.24, 2.45) is 0 Å². The maximum atomic E-state index is 13.6. The van der Waals surface area contributed by atoms with Crippen LogP contribution in [0, 0.1) is 0 Å². The Kier molecular flexibility index (Phi) is 7.83. The minimum atomic E-state index is -0.474. The van der Waals surface area contributed by atoms with E-state index in [0.717, 1.165) is 33.3 Å². The van der Waals surface area contributed by atoms with Crippen LogP contribution in [0.2, 0.25) is 0 Å². The summed E-state index contributed by atoms with van der Waals surface area (Å²) in [5, 5.41) is 10.1. The zero-order valence-corrected chi connectivity index (χ0v) is 22.2. The van der Waals surface area contributed by atoms with Crippen LogP contribution in [0.4, 0.5) is 0 Å². The molecule has 1 atom stereocenters. The summed E-state index contributed by atoms with van der Waals surface area (Å²) in [5.74, 6) is -0.325. The first-order chi connectivity index (χ1) is 19.1. The lowest BCUT2D eigenvalue weighted by atomic mass is 10.0. The van der Waals surface area contributed by atoms with Gasteiger partial charge in [0.05, 0.1) is 23.8 Å². The molecule has 39 heavy (non-hydrogen) atoms. The smallest absolute Gasteiger partial charge is 0.272 e. The van der Waals surface area contributed by atoms with E-state index in [2.05, 4.69) is 35.6 Å². The topological polar surface area (TPSA) is 67.2 Å². The molecular weight excluding hydrogens is 484 g/mol. The van der Waals surface area contributed by atoms with Crippen LogP contribution in [0.5, 0.6) is 0 Å². The largest absolute Gasteiger partial charge is 0.343 e. The van der Waals surface area contributed by atoms with Crippen molar-refractivity contribution in [2.75, 3.05) is 13.1 Å². The van der Waals surface area contributed by atoms with Crippen LogP contribution in [0.15, 0.2) is 109 Å². The van der Waals surface area contributed by atoms with E-state index >= 15 is 0 Å². The van der Waals surface area contributed by atoms with Crippen LogP contribution >= 0.6 is 0 Å². The van der Waals surface area contributed by atoms with Crippen molar-refractivity contribution in [3.05, 3.63) is 120 Å². The van der Waals surface area contributed by atoms with Gasteiger partial charge in [0.25, 0.3) is 5.91 Å². The first kappa shape index (κ1) is 25.9. The van der Waals surface area contributed by atoms with Crippen molar-refractivity contribution in [2.45, 2.75) is 26.3 Å². The van der Waals surface area contributed by atoms with Gasteiger partial charge in [0, 0.05) is 18.7 Å². The van der Waals surface area contributed by atoms with E-state index in [1.807, 2.05) is 92.7 Å². The molecule has 0 saturated heterocycles. The third-order valence-electron chi connectivity index (χ3n) is 6.99. The van der Waals surface area contributed by atoms with E-state index in [-0.39, 0.29) is 18.2 Å². The Labute approximate surface area is 228 Å². The lowest BCUT2D eigenvalue weighted by molar-refractivity contribution is -0.131. The summed E-state index contributed by atoms with van der Waals surface area (Å²) >= 11 is 0. The van der Waals surface area contributed by atoms with E-state index in [4.69, 9.17) is 5.10 Å². The molecule has 0 bridgehead atoms. The molecule has 0 aliphatic carbocycles. The van der Waals surface area contributed by atoms with Crippen molar-refractivity contribution < 1.29 is 9.59 Å². The molecule has 4 aromatic carbocycles. The quantitative estimate of drug-likeness (QED) is 0.246. The number of nitrogens with one attached hydrogen (secondary N) is 1. The SMILES string of the molecule is CCN(CC)C(=O)CC(NC(=O)c1cc(-c2ccc3ccccc3c2)n(-c2ccccc2)n1)c1ccccc1. The highest BCUT2D eigenvalue weighted by molar-refractivity contribution is 5.95. The Balaban J connectivity index is 1.51. The second kappa shape index (κ2) is 11.8. The highest BCUT2D eigenvalue weighted by atomic mass is 16.2. The number of fused-ring (bicyclic) bond motifs is 1. The second-order valence-corrected chi connectivity index (χ2v) is 9.43. The fourth-order valence-electron chi connectivity index (χ4n) is 4.86. The van der Waals surface area contributed by atoms with Gasteiger partial charge >= 0.3 is 0 Å². The number of amides is 2. The summed E-state index contributed by atoms with van der Waals surface area (Å²) in [6.07, 6.45) is 0.175. The first-order valence-electron chi connectivity index (χ1n) is 13.4. The Morgan fingerprint density at radius 3 is 2.13 bits per heavy atom. The van der Waals surface area contributed by atoms with Crippen LogP contribution in [0.3, 0.4) is 0 Å². The minimum Gasteiger partial charge on any atom is -0.343 e. The molecule has 196 valence electrons. The van der Waals surface area contributed by atoms with E-state index in [1.165, 1.54) is 0 Å². The molecular formula is C33H32N4O2. The Morgan fingerprint density at radius 2 is 1.44 bits per heavy atom. The van der Waals surface area contributed by atoms with Gasteiger partial charge in [-0.05, 0) is 54.4 Å². The summed E-state index contributed by atoms with van der Waals surface area (Å²) in [6, 6.07) is 35.2. The third kappa shape index (κ3) is 5.75. The molecule has 1 N–H and O–H groups in total. The van der Waals surface area contributed by atoms with Crippen LogP contribution in [0.25, 0.3) is 27.7 Å². The Morgan fingerprint density at radius 1 is 0.795 bits per heavy atom. The number of nitrogens with zero attached hydrogens (tertiary/aromatic N) is 3. The summed E-state index contributed by atoms with van der Waals surface area (Å²) in [6.45, 7) is 5.17. The van der Waals surface area contributed by atoms with Gasteiger partial charge < -0.3 is 10.2 Å². The van der Waals surface area contributed by atoms with Crippen molar-refractivity contribution >= 4 is 22.6 Å². The molecule has 1 aromatic heterocycles. The molecule has 0 spiro atoms. The second-order valence-electron chi connectivity index (χ2n) is 9.43. The molecule has 6 heteroatoms. The predicted molar refractivity (Wildman–Crippen MR) is 156 cm³/mol. The number of carbonyl (C=O) groups excluding carboxylic acids is 2. The van der Waals surface area contributed by atoms with Crippen molar-refractivity contribution in [1.82, 2.24) is 20.0 Å². The number of hydrogen-bond donors (Lipinski definition) is 1. The summed E-state index contributed by atoms with van der Waals surface area (Å²) in [5.41, 5.74) is 3.80. The monoisotopic (exact) mass is 516 g/mol. The number of hydrogen-bond acceptors (Lipinski definition) is 3. The molecule has 2 amide bonds. The Bertz CT molecular complexity index is 1570. The van der Waals surface area contributed by atoms with Gasteiger partial charge in [-0.25, -0.2) is 4.68 Å². The predicted octanol–water partition coefficient (Wildman–Crippen LogP) is 6.42. The zero-order valence-electron chi connectivity index (χ0n) is 22.2. The number of carbonyl (C=O) groups is 2. The molecule has 1 heterocycles. The van der Waals surface area contributed by atoms with Crippen molar-refractivity contribution in [3.8, 4) is 16.9 Å². The molecule has 0 aliphatic rings. The molecule has 0 radical (unpaired) electrons. The molecule has 5 rings (SSSR count). The van der Waals surface area contributed by atoms with Gasteiger partial charge in [-0.15, -0.1) is 0 Å². The maximum absolute atomic E-state index is 13.6. The zero-order chi connectivity index (χ0) is 27.2. The van der Waals surface area contributed by atoms with Gasteiger partial charge in [0.2, 0.25) is 5.91 Å². The minimum absolute atomic E-state index is 0.000760. The number of benzene rings is 4. The summed E-state index contributed by atoms with van der Waals surface area (Å²) in [4.78, 5) is 28.4. The normalized spacial score (nSPS) is 11.7. The van der Waals surface area contributed by atoms with Crippen molar-refractivity contribution in [1.29, 1.82) is 0 Å². The lowest BCUT2D eigenvalue weighted by Crippen LogP contribution is -2.36. The first-order valence-corrected chi connectivity index (χ1v) is 13.4. The Hall–Kier alpha value is -4.71. The maximum Gasteiger partial charge on any atom is 0.272 e. The molecule has 0 saturated carbocycles. The molecule has 1 unspecified atom stereocenters. The van der Waals surface area contributed by atoms with Gasteiger partial charge in [-0.3, -0.25) is 9.59 Å². The van der Waals surface area contributed by atoms with E-state index in [0.29, 0.717) is 18.8 Å². The van der Waals surface area contributed by atoms with Crippen LogP contribution in [-0.4, -0.2) is 39.6 Å². The molecule has 0 fully saturated rings. The molecule has 0 aliphatic heterocycles. The van der Waals surface area contributed by atoms with Gasteiger partial charge in [0.15, 0.2) is 5.69 Å². The highest BCUT2D eigenvalue weighted by Gasteiger charge is 2.24. The summed E-state index contributed by atoms with van der Waals surface area (Å²) < 4.78 is 1.80. The standard InChI is InChI=1S/C33H32N4O2/c1-3-36(4-2)32(38)23-29(25-14-7-5-8-15-25)34-33(39)30-22-31(37(35-30)28-17-9-6-10-18-28)27-20-19-24-13-11-12-16-26(24)21-27/h5-22,29H,3-4,23H2,1-2H3,(H,34,39). The molecule has 5 aromatic rings. The average molecular weight is 517 g/mol. The average Bonchev–Trinajstić information content (AvgIpc) is 3.44. The fraction of sp³-hybridized carbons (Fsp3) is 0.182. The van der Waals surface area contributed by atoms with Crippen LogP contribution in [0.1, 0.15) is 42.4 Å². The number of aromatic nitrogens is 2. The van der Waals surface area contributed by atoms with E-state index in [9.17, 15) is 9.59 Å². The number of rotatable bonds is 9. The van der Waals surface area contributed by atoms with E-state index in [1.54, 1.807) is 9.58 Å². The van der Waals surface area contributed by atoms with Crippen molar-refractivity contribution in [3.63, 3.8) is 0 Å². The van der Waals surface area contributed by atoms with Gasteiger partial charge in [-0.2, -0.15) is 5.10 Å². The molecule has 6 nitrogen and oxygen atoms in total. The number of para-hydroxylation sites is 1. The third-order valence-corrected chi connectivity index (χ3v) is 6.99. The fourth-order valence-corrected chi connectivity index (χ4v) is 4.86. The van der Waals surface area contributed by atoms with Crippen LogP contribution in [-0.2, 0) is 4.79 Å². The van der Waals surface area contributed by atoms with Crippen LogP contribution < -0.4 is 5.32 Å². The lowest BCUT2D eigenvalue weighted by Gasteiger charge is -2.23. The highest BCUT2D eigenvalue weighted by Crippen LogP contribution is 2.28.